The van der Waals surface area contributed by atoms with E-state index in [4.69, 9.17) is 11.6 Å². The lowest BCUT2D eigenvalue weighted by atomic mass is 10.2. The summed E-state index contributed by atoms with van der Waals surface area (Å²) in [5.74, 6) is -1.70. The summed E-state index contributed by atoms with van der Waals surface area (Å²) < 4.78 is 41.4. The van der Waals surface area contributed by atoms with Gasteiger partial charge in [0.05, 0.1) is 35.9 Å². The van der Waals surface area contributed by atoms with Crippen LogP contribution >= 0.6 is 11.6 Å². The number of pyridine rings is 1. The first kappa shape index (κ1) is 20.3. The van der Waals surface area contributed by atoms with Crippen molar-refractivity contribution in [2.75, 3.05) is 11.9 Å². The number of carbonyl (C=O) groups is 2. The first-order valence-corrected chi connectivity index (χ1v) is 8.53. The van der Waals surface area contributed by atoms with E-state index in [1.807, 2.05) is 0 Å². The lowest BCUT2D eigenvalue weighted by molar-refractivity contribution is -0.143. The van der Waals surface area contributed by atoms with Crippen molar-refractivity contribution in [2.24, 2.45) is 0 Å². The number of amides is 2. The molecule has 0 aliphatic heterocycles. The van der Waals surface area contributed by atoms with E-state index in [0.717, 1.165) is 6.20 Å². The minimum Gasteiger partial charge on any atom is -0.343 e. The zero-order valence-corrected chi connectivity index (χ0v) is 15.3. The maximum atomic E-state index is 13.6. The zero-order valence-electron chi connectivity index (χ0n) is 14.6. The van der Waals surface area contributed by atoms with Crippen LogP contribution < -0.4 is 10.6 Å². The summed E-state index contributed by atoms with van der Waals surface area (Å²) in [7, 11) is 0. The Morgan fingerprint density at radius 3 is 2.45 bits per heavy atom. The molecule has 0 aliphatic rings. The largest absolute Gasteiger partial charge is 0.434 e. The van der Waals surface area contributed by atoms with Gasteiger partial charge >= 0.3 is 6.18 Å². The van der Waals surface area contributed by atoms with Crippen LogP contribution in [0.5, 0.6) is 0 Å². The number of anilines is 1. The first-order chi connectivity index (χ1) is 13.8. The van der Waals surface area contributed by atoms with Gasteiger partial charge in [-0.15, -0.1) is 0 Å². The van der Waals surface area contributed by atoms with Crippen molar-refractivity contribution in [3.8, 4) is 5.69 Å². The quantitative estimate of drug-likeness (QED) is 0.659. The molecule has 2 N–H and O–H groups in total. The summed E-state index contributed by atoms with van der Waals surface area (Å²) in [5.41, 5.74) is -1.50. The molecule has 7 nitrogen and oxygen atoms in total. The molecule has 1 aromatic carbocycles. The molecule has 2 aromatic heterocycles. The molecule has 0 radical (unpaired) electrons. The molecule has 0 saturated carbocycles. The number of nitrogens with zero attached hydrogens (tertiary/aromatic N) is 3. The molecule has 29 heavy (non-hydrogen) atoms. The maximum absolute atomic E-state index is 13.6. The second-order valence-electron chi connectivity index (χ2n) is 5.77. The Kier molecular flexibility index (Phi) is 5.83. The SMILES string of the molecule is O=C(CNC(=O)c1cnn(-c2ccc(Cl)cc2)c1C(F)(F)F)Nc1cccnc1. The normalized spacial score (nSPS) is 11.2. The number of nitrogens with one attached hydrogen (secondary N) is 2. The van der Waals surface area contributed by atoms with E-state index in [2.05, 4.69) is 20.7 Å². The van der Waals surface area contributed by atoms with Crippen LogP contribution in [0.15, 0.2) is 55.0 Å². The fourth-order valence-electron chi connectivity index (χ4n) is 2.46. The third-order valence-corrected chi connectivity index (χ3v) is 3.96. The highest BCUT2D eigenvalue weighted by atomic mass is 35.5. The number of hydrogen-bond acceptors (Lipinski definition) is 4. The number of hydrogen-bond donors (Lipinski definition) is 2. The van der Waals surface area contributed by atoms with E-state index in [1.165, 1.54) is 36.7 Å². The minimum atomic E-state index is -4.86. The van der Waals surface area contributed by atoms with Crippen LogP contribution in [0.4, 0.5) is 18.9 Å². The van der Waals surface area contributed by atoms with Crippen molar-refractivity contribution < 1.29 is 22.8 Å². The minimum absolute atomic E-state index is 0.0788. The highest BCUT2D eigenvalue weighted by Gasteiger charge is 2.40. The van der Waals surface area contributed by atoms with Gasteiger partial charge in [-0.05, 0) is 36.4 Å². The van der Waals surface area contributed by atoms with Crippen LogP contribution in [-0.4, -0.2) is 33.1 Å². The fraction of sp³-hybridized carbons (Fsp3) is 0.111. The topological polar surface area (TPSA) is 88.9 Å². The second-order valence-corrected chi connectivity index (χ2v) is 6.20. The van der Waals surface area contributed by atoms with Gasteiger partial charge in [0.15, 0.2) is 5.69 Å². The van der Waals surface area contributed by atoms with Crippen LogP contribution in [0.25, 0.3) is 5.69 Å². The fourth-order valence-corrected chi connectivity index (χ4v) is 2.59. The maximum Gasteiger partial charge on any atom is 0.434 e. The predicted octanol–water partition coefficient (Wildman–Crippen LogP) is 3.31. The van der Waals surface area contributed by atoms with Crippen molar-refractivity contribution >= 4 is 29.1 Å². The van der Waals surface area contributed by atoms with E-state index in [-0.39, 0.29) is 5.69 Å². The third-order valence-electron chi connectivity index (χ3n) is 3.71. The zero-order chi connectivity index (χ0) is 21.0. The van der Waals surface area contributed by atoms with E-state index in [1.54, 1.807) is 12.1 Å². The standard InChI is InChI=1S/C18H13ClF3N5O2/c19-11-3-5-13(6-4-11)27-16(18(20,21)22)14(9-25-27)17(29)24-10-15(28)26-12-2-1-7-23-8-12/h1-9H,10H2,(H,24,29)(H,26,28). The summed E-state index contributed by atoms with van der Waals surface area (Å²) in [4.78, 5) is 28.0. The molecule has 0 fully saturated rings. The third kappa shape index (κ3) is 4.91. The van der Waals surface area contributed by atoms with Gasteiger partial charge in [-0.2, -0.15) is 18.3 Å². The Balaban J connectivity index is 1.78. The van der Waals surface area contributed by atoms with Gasteiger partial charge < -0.3 is 10.6 Å². The smallest absolute Gasteiger partial charge is 0.343 e. The van der Waals surface area contributed by atoms with Crippen LogP contribution in [-0.2, 0) is 11.0 Å². The molecular formula is C18H13ClF3N5O2. The second kappa shape index (κ2) is 8.31. The molecular weight excluding hydrogens is 411 g/mol. The van der Waals surface area contributed by atoms with Crippen LogP contribution in [0.1, 0.15) is 16.1 Å². The number of carbonyl (C=O) groups excluding carboxylic acids is 2. The van der Waals surface area contributed by atoms with E-state index in [0.29, 0.717) is 15.4 Å². The highest BCUT2D eigenvalue weighted by Crippen LogP contribution is 2.33. The molecule has 3 rings (SSSR count). The summed E-state index contributed by atoms with van der Waals surface area (Å²) in [5, 5.41) is 8.64. The Labute approximate surface area is 167 Å². The molecule has 0 bridgehead atoms. The van der Waals surface area contributed by atoms with Gasteiger partial charge in [0.1, 0.15) is 0 Å². The molecule has 0 atom stereocenters. The first-order valence-electron chi connectivity index (χ1n) is 8.15. The molecule has 0 aliphatic carbocycles. The Hall–Kier alpha value is -3.40. The van der Waals surface area contributed by atoms with Crippen LogP contribution in [0.2, 0.25) is 5.02 Å². The highest BCUT2D eigenvalue weighted by molar-refractivity contribution is 6.30. The number of aromatic nitrogens is 3. The number of benzene rings is 1. The molecule has 0 saturated heterocycles. The summed E-state index contributed by atoms with van der Waals surface area (Å²) in [6, 6.07) is 8.66. The van der Waals surface area contributed by atoms with Gasteiger partial charge in [0, 0.05) is 11.2 Å². The molecule has 150 valence electrons. The number of rotatable bonds is 5. The predicted molar refractivity (Wildman–Crippen MR) is 98.8 cm³/mol. The Morgan fingerprint density at radius 1 is 1.10 bits per heavy atom. The Bertz CT molecular complexity index is 1020. The lowest BCUT2D eigenvalue weighted by Crippen LogP contribution is -2.34. The van der Waals surface area contributed by atoms with Crippen molar-refractivity contribution in [3.05, 3.63) is 71.3 Å². The van der Waals surface area contributed by atoms with E-state index < -0.39 is 35.8 Å². The van der Waals surface area contributed by atoms with Crippen molar-refractivity contribution in [1.29, 1.82) is 0 Å². The van der Waals surface area contributed by atoms with Crippen molar-refractivity contribution in [1.82, 2.24) is 20.1 Å². The van der Waals surface area contributed by atoms with Gasteiger partial charge in [0.2, 0.25) is 5.91 Å². The average molecular weight is 424 g/mol. The van der Waals surface area contributed by atoms with Gasteiger partial charge in [-0.25, -0.2) is 4.68 Å². The Morgan fingerprint density at radius 2 is 1.83 bits per heavy atom. The molecule has 11 heteroatoms. The van der Waals surface area contributed by atoms with Crippen molar-refractivity contribution in [3.63, 3.8) is 0 Å². The molecule has 3 aromatic rings. The summed E-state index contributed by atoms with van der Waals surface area (Å²) in [6.07, 6.45) is -1.17. The molecule has 0 unspecified atom stereocenters. The molecule has 2 heterocycles. The van der Waals surface area contributed by atoms with E-state index >= 15 is 0 Å². The number of halogens is 4. The van der Waals surface area contributed by atoms with Crippen LogP contribution in [0.3, 0.4) is 0 Å². The summed E-state index contributed by atoms with van der Waals surface area (Å²) >= 11 is 5.76. The van der Waals surface area contributed by atoms with E-state index in [9.17, 15) is 22.8 Å². The van der Waals surface area contributed by atoms with Gasteiger partial charge in [-0.3, -0.25) is 14.6 Å². The van der Waals surface area contributed by atoms with Crippen molar-refractivity contribution in [2.45, 2.75) is 6.18 Å². The lowest BCUT2D eigenvalue weighted by Gasteiger charge is -2.13. The van der Waals surface area contributed by atoms with Crippen LogP contribution in [0, 0.1) is 0 Å². The van der Waals surface area contributed by atoms with Gasteiger partial charge in [-0.1, -0.05) is 11.6 Å². The molecule has 2 amide bonds. The average Bonchev–Trinajstić information content (AvgIpc) is 3.13. The van der Waals surface area contributed by atoms with Gasteiger partial charge in [0.25, 0.3) is 5.91 Å². The number of alkyl halides is 3. The molecule has 0 spiro atoms. The monoisotopic (exact) mass is 423 g/mol. The summed E-state index contributed by atoms with van der Waals surface area (Å²) in [6.45, 7) is -0.531.